The van der Waals surface area contributed by atoms with Crippen molar-refractivity contribution < 1.29 is 23.4 Å². The minimum absolute atomic E-state index is 0.0616. The minimum atomic E-state index is -0.438. The molecule has 2 aromatic carbocycles. The van der Waals surface area contributed by atoms with Gasteiger partial charge in [0.15, 0.2) is 29.0 Å². The lowest BCUT2D eigenvalue weighted by Gasteiger charge is -2.14. The van der Waals surface area contributed by atoms with Crippen LogP contribution in [0.4, 0.5) is 5.13 Å². The van der Waals surface area contributed by atoms with Crippen molar-refractivity contribution in [1.82, 2.24) is 4.98 Å². The number of benzene rings is 2. The first-order valence-corrected chi connectivity index (χ1v) is 11.3. The number of rotatable bonds is 7. The molecule has 0 radical (unpaired) electrons. The predicted octanol–water partition coefficient (Wildman–Crippen LogP) is 4.88. The number of thiazole rings is 1. The van der Waals surface area contributed by atoms with Crippen molar-refractivity contribution in [1.29, 1.82) is 0 Å². The molecule has 1 N–H and O–H groups in total. The third-order valence-corrected chi connectivity index (χ3v) is 6.20. The molecule has 0 aliphatic carbocycles. The first kappa shape index (κ1) is 23.3. The predicted molar refractivity (Wildman–Crippen MR) is 131 cm³/mol. The summed E-state index contributed by atoms with van der Waals surface area (Å²) in [7, 11) is 3.06. The molecule has 34 heavy (non-hydrogen) atoms. The van der Waals surface area contributed by atoms with E-state index in [-0.39, 0.29) is 23.5 Å². The highest BCUT2D eigenvalue weighted by Crippen LogP contribution is 2.37. The Morgan fingerprint density at radius 2 is 1.79 bits per heavy atom. The van der Waals surface area contributed by atoms with E-state index < -0.39 is 5.91 Å². The highest BCUT2D eigenvalue weighted by atomic mass is 32.1. The maximum atomic E-state index is 13.5. The topological polar surface area (TPSA) is 99.9 Å². The van der Waals surface area contributed by atoms with Gasteiger partial charge in [-0.3, -0.25) is 14.9 Å². The maximum absolute atomic E-state index is 13.5. The maximum Gasteiger partial charge on any atom is 0.264 e. The molecule has 4 rings (SSSR count). The number of aryl methyl sites for hydroxylation is 3. The molecule has 0 aliphatic heterocycles. The Labute approximate surface area is 200 Å². The van der Waals surface area contributed by atoms with Crippen molar-refractivity contribution in [2.24, 2.45) is 0 Å². The Bertz CT molecular complexity index is 1440. The highest BCUT2D eigenvalue weighted by molar-refractivity contribution is 7.13. The molecule has 0 spiro atoms. The standard InChI is InChI=1S/C25H24N2O6S/c1-13-8-17-19(9-14(13)2)33-23(16-6-7-18(30-4)20(10-16)31-5)24(22(17)29)32-11-21(28)27-25-26-15(3)12-34-25/h6-10,12H,11H2,1-5H3,(H,26,27,28). The molecule has 8 nitrogen and oxygen atoms in total. The second-order valence-corrected chi connectivity index (χ2v) is 8.58. The van der Waals surface area contributed by atoms with Crippen LogP contribution in [-0.4, -0.2) is 31.7 Å². The Hall–Kier alpha value is -3.85. The van der Waals surface area contributed by atoms with Crippen LogP contribution in [-0.2, 0) is 4.79 Å². The Balaban J connectivity index is 1.78. The number of hydrogen-bond acceptors (Lipinski definition) is 8. The summed E-state index contributed by atoms with van der Waals surface area (Å²) in [6, 6.07) is 8.71. The summed E-state index contributed by atoms with van der Waals surface area (Å²) in [4.78, 5) is 30.1. The van der Waals surface area contributed by atoms with Crippen LogP contribution in [0.15, 0.2) is 44.9 Å². The first-order valence-electron chi connectivity index (χ1n) is 10.5. The fourth-order valence-electron chi connectivity index (χ4n) is 3.44. The molecule has 0 unspecified atom stereocenters. The van der Waals surface area contributed by atoms with Crippen LogP contribution in [0.2, 0.25) is 0 Å². The molecule has 9 heteroatoms. The summed E-state index contributed by atoms with van der Waals surface area (Å²) in [5.74, 6) is 0.687. The van der Waals surface area contributed by atoms with Gasteiger partial charge in [-0.15, -0.1) is 11.3 Å². The molecule has 176 valence electrons. The summed E-state index contributed by atoms with van der Waals surface area (Å²) in [5, 5.41) is 5.33. The van der Waals surface area contributed by atoms with Crippen molar-refractivity contribution in [2.75, 3.05) is 26.1 Å². The number of anilines is 1. The van der Waals surface area contributed by atoms with E-state index in [4.69, 9.17) is 18.6 Å². The van der Waals surface area contributed by atoms with Gasteiger partial charge in [-0.1, -0.05) is 0 Å². The van der Waals surface area contributed by atoms with Crippen molar-refractivity contribution in [3.63, 3.8) is 0 Å². The normalized spacial score (nSPS) is 10.9. The van der Waals surface area contributed by atoms with Gasteiger partial charge in [-0.25, -0.2) is 4.98 Å². The van der Waals surface area contributed by atoms with E-state index in [1.165, 1.54) is 25.6 Å². The molecule has 2 heterocycles. The van der Waals surface area contributed by atoms with Gasteiger partial charge >= 0.3 is 0 Å². The first-order chi connectivity index (χ1) is 16.3. The second-order valence-electron chi connectivity index (χ2n) is 7.72. The van der Waals surface area contributed by atoms with E-state index in [2.05, 4.69) is 10.3 Å². The van der Waals surface area contributed by atoms with E-state index in [9.17, 15) is 9.59 Å². The average Bonchev–Trinajstić information content (AvgIpc) is 3.23. The third-order valence-electron chi connectivity index (χ3n) is 5.32. The van der Waals surface area contributed by atoms with Gasteiger partial charge in [0.2, 0.25) is 11.2 Å². The van der Waals surface area contributed by atoms with Crippen LogP contribution in [0.3, 0.4) is 0 Å². The Kier molecular flexibility index (Phi) is 6.56. The zero-order valence-corrected chi connectivity index (χ0v) is 20.3. The summed E-state index contributed by atoms with van der Waals surface area (Å²) >= 11 is 1.31. The molecular formula is C25H24N2O6S. The van der Waals surface area contributed by atoms with Crippen molar-refractivity contribution in [3.8, 4) is 28.6 Å². The summed E-state index contributed by atoms with van der Waals surface area (Å²) < 4.78 is 22.6. The number of aromatic nitrogens is 1. The van der Waals surface area contributed by atoms with Crippen molar-refractivity contribution >= 4 is 33.3 Å². The zero-order chi connectivity index (χ0) is 24.4. The number of carbonyl (C=O) groups is 1. The lowest BCUT2D eigenvalue weighted by atomic mass is 10.0. The van der Waals surface area contributed by atoms with Gasteiger partial charge < -0.3 is 18.6 Å². The van der Waals surface area contributed by atoms with Gasteiger partial charge in [0.05, 0.1) is 25.3 Å². The summed E-state index contributed by atoms with van der Waals surface area (Å²) in [5.41, 5.74) is 3.33. The molecule has 0 aliphatic rings. The smallest absolute Gasteiger partial charge is 0.264 e. The number of nitrogens with one attached hydrogen (secondary N) is 1. The van der Waals surface area contributed by atoms with E-state index in [0.29, 0.717) is 33.2 Å². The molecule has 0 bridgehead atoms. The monoisotopic (exact) mass is 480 g/mol. The Morgan fingerprint density at radius 3 is 2.47 bits per heavy atom. The Morgan fingerprint density at radius 1 is 1.06 bits per heavy atom. The molecule has 2 aromatic heterocycles. The molecule has 0 atom stereocenters. The zero-order valence-electron chi connectivity index (χ0n) is 19.5. The fourth-order valence-corrected chi connectivity index (χ4v) is 4.14. The molecular weight excluding hydrogens is 456 g/mol. The number of fused-ring (bicyclic) bond motifs is 1. The van der Waals surface area contributed by atoms with Crippen LogP contribution in [0.1, 0.15) is 16.8 Å². The van der Waals surface area contributed by atoms with Crippen LogP contribution >= 0.6 is 11.3 Å². The van der Waals surface area contributed by atoms with Crippen LogP contribution in [0.5, 0.6) is 17.2 Å². The molecule has 0 fully saturated rings. The SMILES string of the molecule is COc1ccc(-c2oc3cc(C)c(C)cc3c(=O)c2OCC(=O)Nc2nc(C)cs2)cc1OC. The summed E-state index contributed by atoms with van der Waals surface area (Å²) in [6.45, 7) is 5.31. The van der Waals surface area contributed by atoms with Crippen molar-refractivity contribution in [3.05, 3.63) is 62.8 Å². The van der Waals surface area contributed by atoms with E-state index in [1.54, 1.807) is 24.3 Å². The van der Waals surface area contributed by atoms with E-state index in [1.807, 2.05) is 32.2 Å². The van der Waals surface area contributed by atoms with Gasteiger partial charge in [0.1, 0.15) is 5.58 Å². The lowest BCUT2D eigenvalue weighted by Crippen LogP contribution is -2.22. The lowest BCUT2D eigenvalue weighted by molar-refractivity contribution is -0.118. The van der Waals surface area contributed by atoms with Crippen LogP contribution in [0.25, 0.3) is 22.3 Å². The number of carbonyl (C=O) groups excluding carboxylic acids is 1. The summed E-state index contributed by atoms with van der Waals surface area (Å²) in [6.07, 6.45) is 0. The van der Waals surface area contributed by atoms with E-state index >= 15 is 0 Å². The second kappa shape index (κ2) is 9.56. The molecule has 0 saturated heterocycles. The van der Waals surface area contributed by atoms with E-state index in [0.717, 1.165) is 16.8 Å². The average molecular weight is 481 g/mol. The fraction of sp³-hybridized carbons (Fsp3) is 0.240. The highest BCUT2D eigenvalue weighted by Gasteiger charge is 2.21. The van der Waals surface area contributed by atoms with Crippen LogP contribution in [0, 0.1) is 20.8 Å². The number of amides is 1. The quantitative estimate of drug-likeness (QED) is 0.402. The third kappa shape index (κ3) is 4.60. The number of methoxy groups -OCH3 is 2. The van der Waals surface area contributed by atoms with Gasteiger partial charge in [0, 0.05) is 10.9 Å². The number of nitrogens with zero attached hydrogens (tertiary/aromatic N) is 1. The largest absolute Gasteiger partial charge is 0.493 e. The number of ether oxygens (including phenoxy) is 3. The number of hydrogen-bond donors (Lipinski definition) is 1. The van der Waals surface area contributed by atoms with Crippen LogP contribution < -0.4 is 25.0 Å². The molecule has 0 saturated carbocycles. The molecule has 4 aromatic rings. The van der Waals surface area contributed by atoms with Crippen molar-refractivity contribution in [2.45, 2.75) is 20.8 Å². The molecule has 1 amide bonds. The van der Waals surface area contributed by atoms with Gasteiger partial charge in [-0.2, -0.15) is 0 Å². The van der Waals surface area contributed by atoms with Gasteiger partial charge in [0.25, 0.3) is 5.91 Å². The van der Waals surface area contributed by atoms with Gasteiger partial charge in [-0.05, 0) is 62.2 Å². The minimum Gasteiger partial charge on any atom is -0.493 e.